The summed E-state index contributed by atoms with van der Waals surface area (Å²) < 4.78 is 7.34. The van der Waals surface area contributed by atoms with E-state index in [-0.39, 0.29) is 11.3 Å². The van der Waals surface area contributed by atoms with E-state index in [0.29, 0.717) is 48.0 Å². The van der Waals surface area contributed by atoms with E-state index in [9.17, 15) is 14.7 Å². The topological polar surface area (TPSA) is 97.6 Å². The van der Waals surface area contributed by atoms with Gasteiger partial charge in [-0.15, -0.1) is 0 Å². The van der Waals surface area contributed by atoms with Crippen molar-refractivity contribution in [2.24, 2.45) is 0 Å². The third kappa shape index (κ3) is 4.61. The molecule has 0 spiro atoms. The number of carbonyl (C=O) groups excluding carboxylic acids is 2. The van der Waals surface area contributed by atoms with Gasteiger partial charge in [-0.25, -0.2) is 4.98 Å². The summed E-state index contributed by atoms with van der Waals surface area (Å²) in [6, 6.07) is 7.51. The van der Waals surface area contributed by atoms with Crippen LogP contribution in [0.2, 0.25) is 5.02 Å². The van der Waals surface area contributed by atoms with Gasteiger partial charge in [0.15, 0.2) is 0 Å². The van der Waals surface area contributed by atoms with E-state index in [2.05, 4.69) is 9.97 Å². The number of rotatable bonds is 8. The molecule has 1 fully saturated rings. The Labute approximate surface area is 196 Å². The zero-order valence-electron chi connectivity index (χ0n) is 18.0. The molecule has 0 unspecified atom stereocenters. The van der Waals surface area contributed by atoms with Crippen molar-refractivity contribution in [1.29, 1.82) is 0 Å². The van der Waals surface area contributed by atoms with Gasteiger partial charge in [0, 0.05) is 43.4 Å². The van der Waals surface area contributed by atoms with E-state index in [1.54, 1.807) is 49.2 Å². The number of aromatic nitrogens is 3. The molecule has 170 valence electrons. The maximum Gasteiger partial charge on any atom is 0.295 e. The average Bonchev–Trinajstić information content (AvgIpc) is 3.43. The number of aliphatic hydroxyl groups is 1. The first-order valence-electron chi connectivity index (χ1n) is 10.6. The van der Waals surface area contributed by atoms with Crippen LogP contribution in [0, 0.1) is 0 Å². The maximum atomic E-state index is 13.1. The average molecular weight is 467 g/mol. The molecule has 2 aromatic heterocycles. The molecule has 1 N–H and O–H groups in total. The van der Waals surface area contributed by atoms with Crippen LogP contribution in [0.3, 0.4) is 0 Å². The Kier molecular flexibility index (Phi) is 6.74. The monoisotopic (exact) mass is 466 g/mol. The van der Waals surface area contributed by atoms with E-state index < -0.39 is 17.7 Å². The predicted molar refractivity (Wildman–Crippen MR) is 123 cm³/mol. The normalized spacial score (nSPS) is 17.5. The smallest absolute Gasteiger partial charge is 0.295 e. The summed E-state index contributed by atoms with van der Waals surface area (Å²) in [7, 11) is 0. The summed E-state index contributed by atoms with van der Waals surface area (Å²) in [5.74, 6) is -1.22. The van der Waals surface area contributed by atoms with Crippen LogP contribution in [0.15, 0.2) is 67.0 Å². The van der Waals surface area contributed by atoms with Gasteiger partial charge >= 0.3 is 0 Å². The molecule has 1 aliphatic heterocycles. The molecule has 1 atom stereocenters. The second-order valence-electron chi connectivity index (χ2n) is 7.51. The molecule has 3 aromatic rings. The molecule has 0 radical (unpaired) electrons. The number of halogens is 1. The Morgan fingerprint density at radius 3 is 2.70 bits per heavy atom. The lowest BCUT2D eigenvalue weighted by molar-refractivity contribution is -0.139. The number of benzene rings is 1. The summed E-state index contributed by atoms with van der Waals surface area (Å²) in [6.45, 7) is 3.24. The lowest BCUT2D eigenvalue weighted by atomic mass is 9.96. The highest BCUT2D eigenvalue weighted by molar-refractivity contribution is 6.46. The number of ether oxygens (including phenoxy) is 1. The fourth-order valence-corrected chi connectivity index (χ4v) is 4.15. The van der Waals surface area contributed by atoms with Crippen LogP contribution in [-0.4, -0.2) is 49.4 Å². The van der Waals surface area contributed by atoms with Gasteiger partial charge in [0.25, 0.3) is 11.7 Å². The molecular weight excluding hydrogens is 444 g/mol. The van der Waals surface area contributed by atoms with Crippen molar-refractivity contribution in [3.05, 3.63) is 83.2 Å². The number of ketones is 1. The minimum atomic E-state index is -0.758. The Morgan fingerprint density at radius 1 is 1.18 bits per heavy atom. The van der Waals surface area contributed by atoms with Crippen molar-refractivity contribution in [3.8, 4) is 5.75 Å². The summed E-state index contributed by atoms with van der Waals surface area (Å²) in [6.07, 6.45) is 9.03. The molecule has 3 heterocycles. The van der Waals surface area contributed by atoms with Crippen LogP contribution in [-0.2, 0) is 16.1 Å². The van der Waals surface area contributed by atoms with Gasteiger partial charge in [0.2, 0.25) is 0 Å². The number of pyridine rings is 1. The molecule has 9 heteroatoms. The van der Waals surface area contributed by atoms with Crippen LogP contribution < -0.4 is 4.74 Å². The van der Waals surface area contributed by atoms with Gasteiger partial charge < -0.3 is 19.3 Å². The number of carbonyl (C=O) groups is 2. The largest absolute Gasteiger partial charge is 0.507 e. The van der Waals surface area contributed by atoms with E-state index >= 15 is 0 Å². The summed E-state index contributed by atoms with van der Waals surface area (Å²) in [4.78, 5) is 35.7. The molecule has 8 nitrogen and oxygen atoms in total. The van der Waals surface area contributed by atoms with Crippen LogP contribution in [0.1, 0.15) is 30.5 Å². The SMILES string of the molecule is CCOc1ccc(C(O)=C2C(=O)C(=O)N(CCCn3ccnc3)[C@H]2c2cccnc2)cc1Cl. The third-order valence-corrected chi connectivity index (χ3v) is 5.72. The highest BCUT2D eigenvalue weighted by Crippen LogP contribution is 2.40. The van der Waals surface area contributed by atoms with Crippen LogP contribution in [0.4, 0.5) is 0 Å². The Bertz CT molecular complexity index is 1180. The molecule has 0 saturated carbocycles. The number of imidazole rings is 1. The molecule has 1 saturated heterocycles. The number of aryl methyl sites for hydroxylation is 1. The summed E-state index contributed by atoms with van der Waals surface area (Å²) in [5.41, 5.74) is 0.975. The van der Waals surface area contributed by atoms with Gasteiger partial charge in [-0.05, 0) is 43.2 Å². The third-order valence-electron chi connectivity index (χ3n) is 5.42. The number of likely N-dealkylation sites (tertiary alicyclic amines) is 1. The zero-order valence-corrected chi connectivity index (χ0v) is 18.8. The fourth-order valence-electron chi connectivity index (χ4n) is 3.91. The lowest BCUT2D eigenvalue weighted by Gasteiger charge is -2.25. The van der Waals surface area contributed by atoms with Crippen molar-refractivity contribution in [2.75, 3.05) is 13.2 Å². The highest BCUT2D eigenvalue weighted by atomic mass is 35.5. The molecule has 1 aliphatic rings. The van der Waals surface area contributed by atoms with Gasteiger partial charge in [-0.3, -0.25) is 14.6 Å². The fraction of sp³-hybridized carbons (Fsp3) is 0.250. The minimum Gasteiger partial charge on any atom is -0.507 e. The molecule has 0 bridgehead atoms. The van der Waals surface area contributed by atoms with E-state index in [0.717, 1.165) is 0 Å². The first-order chi connectivity index (χ1) is 16.0. The van der Waals surface area contributed by atoms with Gasteiger partial charge in [-0.2, -0.15) is 0 Å². The number of nitrogens with zero attached hydrogens (tertiary/aromatic N) is 4. The second-order valence-corrected chi connectivity index (χ2v) is 7.92. The van der Waals surface area contributed by atoms with Gasteiger partial charge in [0.05, 0.1) is 29.6 Å². The molecular formula is C24H23ClN4O4. The summed E-state index contributed by atoms with van der Waals surface area (Å²) in [5, 5.41) is 11.4. The molecule has 1 aromatic carbocycles. The van der Waals surface area contributed by atoms with E-state index in [1.165, 1.54) is 11.0 Å². The van der Waals surface area contributed by atoms with Gasteiger partial charge in [-0.1, -0.05) is 17.7 Å². The number of aliphatic hydroxyl groups excluding tert-OH is 1. The molecule has 33 heavy (non-hydrogen) atoms. The van der Waals surface area contributed by atoms with E-state index in [4.69, 9.17) is 16.3 Å². The van der Waals surface area contributed by atoms with E-state index in [1.807, 2.05) is 17.7 Å². The first-order valence-corrected chi connectivity index (χ1v) is 11.0. The van der Waals surface area contributed by atoms with Crippen LogP contribution in [0.25, 0.3) is 5.76 Å². The number of amides is 1. The zero-order chi connectivity index (χ0) is 23.4. The number of hydrogen-bond acceptors (Lipinski definition) is 6. The first kappa shape index (κ1) is 22.5. The van der Waals surface area contributed by atoms with Crippen LogP contribution >= 0.6 is 11.6 Å². The minimum absolute atomic E-state index is 0.0101. The number of Topliss-reactive ketones (excluding diaryl/α,β-unsaturated/α-hetero) is 1. The molecule has 0 aliphatic carbocycles. The molecule has 1 amide bonds. The predicted octanol–water partition coefficient (Wildman–Crippen LogP) is 3.84. The van der Waals surface area contributed by atoms with Crippen LogP contribution in [0.5, 0.6) is 5.75 Å². The number of hydrogen-bond donors (Lipinski definition) is 1. The second kappa shape index (κ2) is 9.87. The van der Waals surface area contributed by atoms with Crippen molar-refractivity contribution in [3.63, 3.8) is 0 Å². The highest BCUT2D eigenvalue weighted by Gasteiger charge is 2.45. The molecule has 4 rings (SSSR count). The Morgan fingerprint density at radius 2 is 2.03 bits per heavy atom. The van der Waals surface area contributed by atoms with Crippen molar-refractivity contribution in [2.45, 2.75) is 25.9 Å². The van der Waals surface area contributed by atoms with Crippen molar-refractivity contribution in [1.82, 2.24) is 19.4 Å². The van der Waals surface area contributed by atoms with Crippen molar-refractivity contribution < 1.29 is 19.4 Å². The quantitative estimate of drug-likeness (QED) is 0.308. The van der Waals surface area contributed by atoms with Gasteiger partial charge in [0.1, 0.15) is 11.5 Å². The lowest BCUT2D eigenvalue weighted by Crippen LogP contribution is -2.31. The van der Waals surface area contributed by atoms with Crippen molar-refractivity contribution >= 4 is 29.1 Å². The standard InChI is InChI=1S/C24H23ClN4O4/c1-2-33-19-7-6-16(13-18(19)25)22(30)20-21(17-5-3-8-26-14-17)29(24(32)23(20)31)11-4-10-28-12-9-27-15-28/h3,5-9,12-15,21,30H,2,4,10-11H2,1H3/t21-/m0/s1. The Balaban J connectivity index is 1.71. The maximum absolute atomic E-state index is 13.1. The Hall–Kier alpha value is -3.65. The summed E-state index contributed by atoms with van der Waals surface area (Å²) >= 11 is 6.29.